The second kappa shape index (κ2) is 7.31. The van der Waals surface area contributed by atoms with Gasteiger partial charge in [-0.15, -0.1) is 11.8 Å². The fraction of sp³-hybridized carbons (Fsp3) is 0.400. The summed E-state index contributed by atoms with van der Waals surface area (Å²) in [5.74, 6) is -0.728. The fourth-order valence-electron chi connectivity index (χ4n) is 2.29. The van der Waals surface area contributed by atoms with E-state index in [-0.39, 0.29) is 12.3 Å². The second-order valence-electron chi connectivity index (χ2n) is 5.09. The van der Waals surface area contributed by atoms with Crippen molar-refractivity contribution >= 4 is 29.5 Å². The van der Waals surface area contributed by atoms with E-state index < -0.39 is 24.0 Å². The molecule has 0 aliphatic carbocycles. The number of carbonyl (C=O) groups is 3. The molecule has 1 fully saturated rings. The number of carboxylic acid groups (broad SMARTS) is 1. The predicted molar refractivity (Wildman–Crippen MR) is 83.3 cm³/mol. The molecule has 0 radical (unpaired) electrons. The monoisotopic (exact) mass is 322 g/mol. The van der Waals surface area contributed by atoms with Gasteiger partial charge in [0.2, 0.25) is 11.8 Å². The molecular formula is C15H18N2O4S. The molecule has 6 nitrogen and oxygen atoms in total. The first-order valence-corrected chi connectivity index (χ1v) is 8.06. The minimum atomic E-state index is -1.09. The highest BCUT2D eigenvalue weighted by atomic mass is 32.2. The molecule has 1 aromatic rings. The average Bonchev–Trinajstić information content (AvgIpc) is 2.97. The van der Waals surface area contributed by atoms with E-state index in [0.717, 1.165) is 5.56 Å². The largest absolute Gasteiger partial charge is 0.480 e. The van der Waals surface area contributed by atoms with Crippen LogP contribution in [0.15, 0.2) is 30.3 Å². The van der Waals surface area contributed by atoms with Crippen molar-refractivity contribution in [2.75, 3.05) is 11.6 Å². The van der Waals surface area contributed by atoms with Gasteiger partial charge in [-0.25, -0.2) is 4.79 Å². The summed E-state index contributed by atoms with van der Waals surface area (Å²) in [4.78, 5) is 36.6. The third-order valence-corrected chi connectivity index (χ3v) is 4.50. The molecule has 2 atom stereocenters. The molecule has 7 heteroatoms. The zero-order chi connectivity index (χ0) is 16.1. The summed E-state index contributed by atoms with van der Waals surface area (Å²) in [5.41, 5.74) is 0.833. The maximum atomic E-state index is 12.3. The Labute approximate surface area is 132 Å². The Kier molecular flexibility index (Phi) is 5.43. The number of thioether (sulfide) groups is 1. The van der Waals surface area contributed by atoms with Gasteiger partial charge in [0.1, 0.15) is 12.1 Å². The van der Waals surface area contributed by atoms with Gasteiger partial charge in [0, 0.05) is 19.1 Å². The number of carboxylic acids is 1. The number of nitrogens with zero attached hydrogens (tertiary/aromatic N) is 1. The molecule has 1 heterocycles. The lowest BCUT2D eigenvalue weighted by Crippen LogP contribution is -2.52. The Hall–Kier alpha value is -2.02. The minimum Gasteiger partial charge on any atom is -0.480 e. The number of carbonyl (C=O) groups excluding carboxylic acids is 2. The molecule has 1 aliphatic heterocycles. The molecule has 2 rings (SSSR count). The summed E-state index contributed by atoms with van der Waals surface area (Å²) >= 11 is 1.48. The number of benzene rings is 1. The van der Waals surface area contributed by atoms with E-state index >= 15 is 0 Å². The Bertz CT molecular complexity index is 564. The summed E-state index contributed by atoms with van der Waals surface area (Å²) < 4.78 is 0. The summed E-state index contributed by atoms with van der Waals surface area (Å²) in [6.45, 7) is 1.41. The van der Waals surface area contributed by atoms with Gasteiger partial charge in [0.05, 0.1) is 5.88 Å². The van der Waals surface area contributed by atoms with E-state index in [1.807, 2.05) is 30.3 Å². The highest BCUT2D eigenvalue weighted by molar-refractivity contribution is 7.99. The smallest absolute Gasteiger partial charge is 0.326 e. The van der Waals surface area contributed by atoms with E-state index in [0.29, 0.717) is 11.6 Å². The van der Waals surface area contributed by atoms with Crippen molar-refractivity contribution in [1.82, 2.24) is 10.2 Å². The average molecular weight is 322 g/mol. The van der Waals surface area contributed by atoms with Crippen LogP contribution >= 0.6 is 11.8 Å². The van der Waals surface area contributed by atoms with E-state index in [9.17, 15) is 19.5 Å². The van der Waals surface area contributed by atoms with E-state index in [4.69, 9.17) is 0 Å². The second-order valence-corrected chi connectivity index (χ2v) is 6.09. The summed E-state index contributed by atoms with van der Waals surface area (Å²) in [7, 11) is 0. The number of nitrogens with one attached hydrogen (secondary N) is 1. The van der Waals surface area contributed by atoms with Gasteiger partial charge < -0.3 is 15.3 Å². The molecule has 1 aromatic carbocycles. The molecule has 1 aliphatic rings. The van der Waals surface area contributed by atoms with Gasteiger partial charge >= 0.3 is 5.97 Å². The van der Waals surface area contributed by atoms with Crippen LogP contribution in [0.5, 0.6) is 0 Å². The van der Waals surface area contributed by atoms with Gasteiger partial charge in [-0.1, -0.05) is 30.3 Å². The van der Waals surface area contributed by atoms with E-state index in [1.54, 1.807) is 0 Å². The molecule has 2 amide bonds. The van der Waals surface area contributed by atoms with Crippen molar-refractivity contribution in [3.63, 3.8) is 0 Å². The zero-order valence-electron chi connectivity index (χ0n) is 12.2. The van der Waals surface area contributed by atoms with Crippen LogP contribution in [-0.4, -0.2) is 51.5 Å². The molecular weight excluding hydrogens is 304 g/mol. The van der Waals surface area contributed by atoms with Gasteiger partial charge in [-0.3, -0.25) is 9.59 Å². The summed E-state index contributed by atoms with van der Waals surface area (Å²) in [5, 5.41) is 11.8. The molecule has 0 spiro atoms. The number of hydrogen-bond donors (Lipinski definition) is 2. The fourth-order valence-corrected chi connectivity index (χ4v) is 3.51. The minimum absolute atomic E-state index is 0.180. The maximum absolute atomic E-state index is 12.3. The molecule has 1 unspecified atom stereocenters. The van der Waals surface area contributed by atoms with Gasteiger partial charge in [0.15, 0.2) is 0 Å². The predicted octanol–water partition coefficient (Wildman–Crippen LogP) is 0.720. The standard InChI is InChI=1S/C15H18N2O4S/c1-10(18)17-9-22-8-13(17)14(19)16-12(15(20)21)7-11-5-3-2-4-6-11/h2-6,12-13H,7-9H2,1H3,(H,16,19)(H,20,21)/t12-,13?/m0/s1. The Morgan fingerprint density at radius 3 is 2.64 bits per heavy atom. The Morgan fingerprint density at radius 1 is 1.36 bits per heavy atom. The molecule has 22 heavy (non-hydrogen) atoms. The summed E-state index contributed by atoms with van der Waals surface area (Å²) in [6, 6.07) is 7.51. The Balaban J connectivity index is 2.03. The lowest BCUT2D eigenvalue weighted by atomic mass is 10.1. The maximum Gasteiger partial charge on any atom is 0.326 e. The lowest BCUT2D eigenvalue weighted by Gasteiger charge is -2.23. The zero-order valence-corrected chi connectivity index (χ0v) is 13.0. The van der Waals surface area contributed by atoms with Crippen molar-refractivity contribution in [2.45, 2.75) is 25.4 Å². The van der Waals surface area contributed by atoms with Gasteiger partial charge in [-0.2, -0.15) is 0 Å². The number of aliphatic carboxylic acids is 1. The van der Waals surface area contributed by atoms with Crippen LogP contribution in [0, 0.1) is 0 Å². The topological polar surface area (TPSA) is 86.7 Å². The number of hydrogen-bond acceptors (Lipinski definition) is 4. The van der Waals surface area contributed by atoms with Crippen molar-refractivity contribution in [1.29, 1.82) is 0 Å². The highest BCUT2D eigenvalue weighted by Gasteiger charge is 2.34. The molecule has 1 saturated heterocycles. The Morgan fingerprint density at radius 2 is 2.05 bits per heavy atom. The molecule has 2 N–H and O–H groups in total. The van der Waals surface area contributed by atoms with Crippen LogP contribution in [0.2, 0.25) is 0 Å². The van der Waals surface area contributed by atoms with E-state index in [2.05, 4.69) is 5.32 Å². The van der Waals surface area contributed by atoms with Crippen LogP contribution in [0.1, 0.15) is 12.5 Å². The third kappa shape index (κ3) is 4.00. The number of rotatable bonds is 5. The highest BCUT2D eigenvalue weighted by Crippen LogP contribution is 2.21. The van der Waals surface area contributed by atoms with E-state index in [1.165, 1.54) is 23.6 Å². The third-order valence-electron chi connectivity index (χ3n) is 3.49. The number of amides is 2. The van der Waals surface area contributed by atoms with Crippen molar-refractivity contribution < 1.29 is 19.5 Å². The quantitative estimate of drug-likeness (QED) is 0.834. The summed E-state index contributed by atoms with van der Waals surface area (Å²) in [6.07, 6.45) is 0.210. The molecule has 0 saturated carbocycles. The van der Waals surface area contributed by atoms with Crippen LogP contribution in [0.4, 0.5) is 0 Å². The first-order valence-electron chi connectivity index (χ1n) is 6.91. The van der Waals surface area contributed by atoms with Crippen LogP contribution in [0.25, 0.3) is 0 Å². The molecule has 0 aromatic heterocycles. The molecule has 0 bridgehead atoms. The SMILES string of the molecule is CC(=O)N1CSCC1C(=O)N[C@@H](Cc1ccccc1)C(=O)O. The molecule has 118 valence electrons. The lowest BCUT2D eigenvalue weighted by molar-refractivity contribution is -0.143. The first kappa shape index (κ1) is 16.4. The van der Waals surface area contributed by atoms with Gasteiger partial charge in [0.25, 0.3) is 0 Å². The van der Waals surface area contributed by atoms with Crippen LogP contribution in [0.3, 0.4) is 0 Å². The van der Waals surface area contributed by atoms with Crippen molar-refractivity contribution in [3.8, 4) is 0 Å². The normalized spacial score (nSPS) is 18.8. The van der Waals surface area contributed by atoms with Crippen LogP contribution in [-0.2, 0) is 20.8 Å². The van der Waals surface area contributed by atoms with Crippen molar-refractivity contribution in [2.24, 2.45) is 0 Å². The van der Waals surface area contributed by atoms with Crippen LogP contribution < -0.4 is 5.32 Å². The first-order chi connectivity index (χ1) is 10.5. The van der Waals surface area contributed by atoms with Crippen molar-refractivity contribution in [3.05, 3.63) is 35.9 Å². The van der Waals surface area contributed by atoms with Gasteiger partial charge in [-0.05, 0) is 5.56 Å².